The summed E-state index contributed by atoms with van der Waals surface area (Å²) in [5.41, 5.74) is 5.39. The van der Waals surface area contributed by atoms with E-state index in [4.69, 9.17) is 10.5 Å². The van der Waals surface area contributed by atoms with Gasteiger partial charge in [0, 0.05) is 6.61 Å². The minimum Gasteiger partial charge on any atom is -0.378 e. The van der Waals surface area contributed by atoms with Gasteiger partial charge in [-0.15, -0.1) is 0 Å². The molecule has 0 atom stereocenters. The van der Waals surface area contributed by atoms with Crippen LogP contribution in [-0.4, -0.2) is 19.3 Å². The van der Waals surface area contributed by atoms with Gasteiger partial charge in [0.1, 0.15) is 0 Å². The van der Waals surface area contributed by atoms with E-state index in [2.05, 4.69) is 6.92 Å². The molecule has 0 saturated heterocycles. The third-order valence-electron chi connectivity index (χ3n) is 2.66. The summed E-state index contributed by atoms with van der Waals surface area (Å²) in [6.45, 7) is 3.94. The molecule has 72 valence electrons. The number of hydrogen-bond acceptors (Lipinski definition) is 2. The molecule has 2 heteroatoms. The first-order valence-electron chi connectivity index (χ1n) is 5.14. The first-order valence-corrected chi connectivity index (χ1v) is 5.14. The van der Waals surface area contributed by atoms with Crippen LogP contribution in [0.25, 0.3) is 0 Å². The summed E-state index contributed by atoms with van der Waals surface area (Å²) in [5.74, 6) is 0.916. The van der Waals surface area contributed by atoms with E-state index in [0.717, 1.165) is 25.5 Å². The Balaban J connectivity index is 2.01. The molecule has 0 spiro atoms. The maximum Gasteiger partial charge on any atom is 0.0575 e. The average Bonchev–Trinajstić information content (AvgIpc) is 2.09. The summed E-state index contributed by atoms with van der Waals surface area (Å²) in [5, 5.41) is 0. The second-order valence-corrected chi connectivity index (χ2v) is 3.89. The van der Waals surface area contributed by atoms with Crippen LogP contribution in [0.15, 0.2) is 0 Å². The molecule has 2 nitrogen and oxygen atoms in total. The molecule has 1 rings (SSSR count). The average molecular weight is 171 g/mol. The molecule has 0 aromatic carbocycles. The first-order chi connectivity index (χ1) is 5.83. The van der Waals surface area contributed by atoms with E-state index in [0.29, 0.717) is 6.10 Å². The molecule has 0 aromatic rings. The van der Waals surface area contributed by atoms with E-state index >= 15 is 0 Å². The SMILES string of the molecule is CC1CCC(OCCCN)CC1. The van der Waals surface area contributed by atoms with Gasteiger partial charge in [0.2, 0.25) is 0 Å². The van der Waals surface area contributed by atoms with Crippen molar-refractivity contribution in [3.63, 3.8) is 0 Å². The smallest absolute Gasteiger partial charge is 0.0575 e. The lowest BCUT2D eigenvalue weighted by atomic mass is 9.89. The van der Waals surface area contributed by atoms with E-state index in [1.165, 1.54) is 25.7 Å². The van der Waals surface area contributed by atoms with Gasteiger partial charge in [0.05, 0.1) is 6.10 Å². The van der Waals surface area contributed by atoms with Crippen molar-refractivity contribution < 1.29 is 4.74 Å². The quantitative estimate of drug-likeness (QED) is 0.656. The van der Waals surface area contributed by atoms with Crippen molar-refractivity contribution in [3.8, 4) is 0 Å². The van der Waals surface area contributed by atoms with Gasteiger partial charge >= 0.3 is 0 Å². The van der Waals surface area contributed by atoms with Crippen LogP contribution in [-0.2, 0) is 4.74 Å². The Hall–Kier alpha value is -0.0800. The van der Waals surface area contributed by atoms with Crippen LogP contribution in [0.5, 0.6) is 0 Å². The highest BCUT2D eigenvalue weighted by Gasteiger charge is 2.17. The Bertz CT molecular complexity index is 108. The second kappa shape index (κ2) is 5.55. The van der Waals surface area contributed by atoms with Crippen LogP contribution in [0, 0.1) is 5.92 Å². The van der Waals surface area contributed by atoms with Crippen LogP contribution < -0.4 is 5.73 Å². The molecule has 0 unspecified atom stereocenters. The molecule has 0 aliphatic heterocycles. The minimum atomic E-state index is 0.535. The Morgan fingerprint density at radius 1 is 1.25 bits per heavy atom. The van der Waals surface area contributed by atoms with E-state index in [1.807, 2.05) is 0 Å². The van der Waals surface area contributed by atoms with E-state index < -0.39 is 0 Å². The van der Waals surface area contributed by atoms with Gasteiger partial charge in [-0.2, -0.15) is 0 Å². The van der Waals surface area contributed by atoms with Crippen molar-refractivity contribution in [2.24, 2.45) is 11.7 Å². The van der Waals surface area contributed by atoms with Gasteiger partial charge in [-0.1, -0.05) is 6.92 Å². The number of rotatable bonds is 4. The van der Waals surface area contributed by atoms with Gasteiger partial charge in [-0.05, 0) is 44.6 Å². The van der Waals surface area contributed by atoms with E-state index in [9.17, 15) is 0 Å². The van der Waals surface area contributed by atoms with Crippen LogP contribution in [0.4, 0.5) is 0 Å². The zero-order valence-corrected chi connectivity index (χ0v) is 8.09. The lowest BCUT2D eigenvalue weighted by molar-refractivity contribution is 0.0195. The van der Waals surface area contributed by atoms with Crippen LogP contribution >= 0.6 is 0 Å². The summed E-state index contributed by atoms with van der Waals surface area (Å²) >= 11 is 0. The molecule has 1 fully saturated rings. The van der Waals surface area contributed by atoms with E-state index in [1.54, 1.807) is 0 Å². The van der Waals surface area contributed by atoms with Crippen molar-refractivity contribution in [2.45, 2.75) is 45.1 Å². The molecular weight excluding hydrogens is 150 g/mol. The number of nitrogens with two attached hydrogens (primary N) is 1. The number of ether oxygens (including phenoxy) is 1. The second-order valence-electron chi connectivity index (χ2n) is 3.89. The summed E-state index contributed by atoms with van der Waals surface area (Å²) in [6.07, 6.45) is 6.73. The standard InChI is InChI=1S/C10H21NO/c1-9-3-5-10(6-4-9)12-8-2-7-11/h9-10H,2-8,11H2,1H3. The minimum absolute atomic E-state index is 0.535. The molecule has 0 bridgehead atoms. The molecule has 12 heavy (non-hydrogen) atoms. The van der Waals surface area contributed by atoms with Crippen LogP contribution in [0.2, 0.25) is 0 Å². The van der Waals surface area contributed by atoms with E-state index in [-0.39, 0.29) is 0 Å². The van der Waals surface area contributed by atoms with Crippen molar-refractivity contribution in [1.82, 2.24) is 0 Å². The van der Waals surface area contributed by atoms with Gasteiger partial charge in [-0.25, -0.2) is 0 Å². The highest BCUT2D eigenvalue weighted by molar-refractivity contribution is 4.69. The summed E-state index contributed by atoms with van der Waals surface area (Å²) in [4.78, 5) is 0. The lowest BCUT2D eigenvalue weighted by Gasteiger charge is -2.26. The predicted octanol–water partition coefficient (Wildman–Crippen LogP) is 1.93. The van der Waals surface area contributed by atoms with Crippen molar-refractivity contribution in [3.05, 3.63) is 0 Å². The third kappa shape index (κ3) is 3.55. The highest BCUT2D eigenvalue weighted by atomic mass is 16.5. The molecule has 1 aliphatic rings. The Labute approximate surface area is 75.5 Å². The molecule has 0 radical (unpaired) electrons. The Kier molecular flexibility index (Phi) is 4.62. The number of hydrogen-bond donors (Lipinski definition) is 1. The Morgan fingerprint density at radius 3 is 2.50 bits per heavy atom. The molecule has 0 amide bonds. The fourth-order valence-electron chi connectivity index (χ4n) is 1.73. The maximum absolute atomic E-state index is 5.69. The zero-order chi connectivity index (χ0) is 8.81. The fraction of sp³-hybridized carbons (Fsp3) is 1.00. The largest absolute Gasteiger partial charge is 0.378 e. The molecule has 1 aliphatic carbocycles. The van der Waals surface area contributed by atoms with Crippen molar-refractivity contribution in [1.29, 1.82) is 0 Å². The van der Waals surface area contributed by atoms with Crippen LogP contribution in [0.3, 0.4) is 0 Å². The lowest BCUT2D eigenvalue weighted by Crippen LogP contribution is -2.21. The van der Waals surface area contributed by atoms with Crippen molar-refractivity contribution in [2.75, 3.05) is 13.2 Å². The van der Waals surface area contributed by atoms with Gasteiger partial charge in [0.25, 0.3) is 0 Å². The summed E-state index contributed by atoms with van der Waals surface area (Å²) < 4.78 is 5.69. The normalized spacial score (nSPS) is 30.5. The fourth-order valence-corrected chi connectivity index (χ4v) is 1.73. The van der Waals surface area contributed by atoms with Gasteiger partial charge < -0.3 is 10.5 Å². The van der Waals surface area contributed by atoms with Crippen molar-refractivity contribution >= 4 is 0 Å². The van der Waals surface area contributed by atoms with Gasteiger partial charge in [0.15, 0.2) is 0 Å². The van der Waals surface area contributed by atoms with Crippen LogP contribution in [0.1, 0.15) is 39.0 Å². The zero-order valence-electron chi connectivity index (χ0n) is 8.09. The molecule has 0 aromatic heterocycles. The molecule has 2 N–H and O–H groups in total. The summed E-state index contributed by atoms with van der Waals surface area (Å²) in [7, 11) is 0. The monoisotopic (exact) mass is 171 g/mol. The first kappa shape index (κ1) is 10.0. The molecular formula is C10H21NO. The Morgan fingerprint density at radius 2 is 1.92 bits per heavy atom. The molecule has 1 saturated carbocycles. The topological polar surface area (TPSA) is 35.2 Å². The third-order valence-corrected chi connectivity index (χ3v) is 2.66. The highest BCUT2D eigenvalue weighted by Crippen LogP contribution is 2.25. The van der Waals surface area contributed by atoms with Gasteiger partial charge in [-0.3, -0.25) is 0 Å². The predicted molar refractivity (Wildman–Crippen MR) is 51.0 cm³/mol. The molecule has 0 heterocycles. The summed E-state index contributed by atoms with van der Waals surface area (Å²) in [6, 6.07) is 0. The maximum atomic E-state index is 5.69.